The minimum absolute atomic E-state index is 0.118. The molecule has 0 spiro atoms. The number of amides is 2. The molecular weight excluding hydrogens is 353 g/mol. The largest absolute Gasteiger partial charge is 0.471 e. The number of likely N-dealkylation sites (tertiary alicyclic amines) is 1. The second-order valence-corrected chi connectivity index (χ2v) is 6.99. The van der Waals surface area contributed by atoms with Crippen molar-refractivity contribution in [2.24, 2.45) is 5.92 Å². The van der Waals surface area contributed by atoms with E-state index in [-0.39, 0.29) is 25.5 Å². The summed E-state index contributed by atoms with van der Waals surface area (Å²) >= 11 is 0. The number of halogens is 3. The van der Waals surface area contributed by atoms with Crippen molar-refractivity contribution in [2.75, 3.05) is 13.2 Å². The molecular formula is C17H27F3N2O4. The standard InChI is InChI=1S/C17H27F3N2O4/c1-5-6-10-26-15(25)16(4,11(2)3)21-13(23)12-8-7-9-22(12)14(24)17(18,19)20/h11-12H,5-10H2,1-4H3,(H,21,23)/t12-,16-/m0/s1. The van der Waals surface area contributed by atoms with E-state index in [1.165, 1.54) is 6.92 Å². The molecule has 0 bridgehead atoms. The van der Waals surface area contributed by atoms with Crippen LogP contribution in [0.2, 0.25) is 0 Å². The van der Waals surface area contributed by atoms with E-state index in [9.17, 15) is 27.6 Å². The van der Waals surface area contributed by atoms with Gasteiger partial charge in [-0.2, -0.15) is 13.2 Å². The fraction of sp³-hybridized carbons (Fsp3) is 0.824. The summed E-state index contributed by atoms with van der Waals surface area (Å²) in [5, 5.41) is 2.52. The number of carbonyl (C=O) groups is 3. The Hall–Kier alpha value is -1.80. The van der Waals surface area contributed by atoms with Crippen LogP contribution in [0.5, 0.6) is 0 Å². The number of alkyl halides is 3. The number of ether oxygens (including phenoxy) is 1. The highest BCUT2D eigenvalue weighted by atomic mass is 19.4. The lowest BCUT2D eigenvalue weighted by molar-refractivity contribution is -0.187. The Labute approximate surface area is 151 Å². The summed E-state index contributed by atoms with van der Waals surface area (Å²) in [6, 6.07) is -1.24. The van der Waals surface area contributed by atoms with Crippen LogP contribution in [0.25, 0.3) is 0 Å². The predicted molar refractivity (Wildman–Crippen MR) is 88.0 cm³/mol. The summed E-state index contributed by atoms with van der Waals surface area (Å²) in [6.07, 6.45) is -3.13. The van der Waals surface area contributed by atoms with Crippen molar-refractivity contribution in [3.05, 3.63) is 0 Å². The number of rotatable bonds is 7. The van der Waals surface area contributed by atoms with E-state index in [4.69, 9.17) is 4.74 Å². The summed E-state index contributed by atoms with van der Waals surface area (Å²) in [7, 11) is 0. The van der Waals surface area contributed by atoms with E-state index in [2.05, 4.69) is 5.32 Å². The first kappa shape index (κ1) is 22.2. The van der Waals surface area contributed by atoms with Crippen molar-refractivity contribution in [3.8, 4) is 0 Å². The number of nitrogens with zero attached hydrogens (tertiary/aromatic N) is 1. The van der Waals surface area contributed by atoms with Crippen LogP contribution in [-0.2, 0) is 19.1 Å². The van der Waals surface area contributed by atoms with E-state index in [0.717, 1.165) is 6.42 Å². The summed E-state index contributed by atoms with van der Waals surface area (Å²) in [5.41, 5.74) is -1.39. The van der Waals surface area contributed by atoms with Crippen molar-refractivity contribution in [2.45, 2.75) is 71.1 Å². The number of carbonyl (C=O) groups excluding carboxylic acids is 3. The molecule has 0 radical (unpaired) electrons. The van der Waals surface area contributed by atoms with Crippen LogP contribution in [0.4, 0.5) is 13.2 Å². The van der Waals surface area contributed by atoms with E-state index in [0.29, 0.717) is 17.7 Å². The fourth-order valence-corrected chi connectivity index (χ4v) is 2.67. The normalized spacial score (nSPS) is 20.0. The molecule has 1 aliphatic rings. The summed E-state index contributed by atoms with van der Waals surface area (Å²) < 4.78 is 43.3. The lowest BCUT2D eigenvalue weighted by Crippen LogP contribution is -2.61. The Bertz CT molecular complexity index is 537. The molecule has 6 nitrogen and oxygen atoms in total. The third-order valence-corrected chi connectivity index (χ3v) is 4.75. The molecule has 26 heavy (non-hydrogen) atoms. The predicted octanol–water partition coefficient (Wildman–Crippen LogP) is 2.41. The van der Waals surface area contributed by atoms with E-state index < -0.39 is 35.5 Å². The molecule has 2 amide bonds. The average Bonchev–Trinajstić information content (AvgIpc) is 3.02. The second-order valence-electron chi connectivity index (χ2n) is 6.99. The Kier molecular flexibility index (Phi) is 7.46. The van der Waals surface area contributed by atoms with Gasteiger partial charge in [0.15, 0.2) is 0 Å². The van der Waals surface area contributed by atoms with Crippen molar-refractivity contribution in [1.82, 2.24) is 10.2 Å². The van der Waals surface area contributed by atoms with E-state index >= 15 is 0 Å². The molecule has 9 heteroatoms. The highest BCUT2D eigenvalue weighted by Crippen LogP contribution is 2.27. The molecule has 1 aliphatic heterocycles. The molecule has 0 aromatic carbocycles. The molecule has 0 unspecified atom stereocenters. The van der Waals surface area contributed by atoms with E-state index in [1.807, 2.05) is 6.92 Å². The third kappa shape index (κ3) is 5.11. The van der Waals surface area contributed by atoms with Gasteiger partial charge in [-0.3, -0.25) is 9.59 Å². The molecule has 0 aliphatic carbocycles. The van der Waals surface area contributed by atoms with Gasteiger partial charge in [0, 0.05) is 6.54 Å². The monoisotopic (exact) mass is 380 g/mol. The highest BCUT2D eigenvalue weighted by Gasteiger charge is 2.49. The van der Waals surface area contributed by atoms with Crippen LogP contribution in [0, 0.1) is 5.92 Å². The topological polar surface area (TPSA) is 75.7 Å². The van der Waals surface area contributed by atoms with Gasteiger partial charge in [-0.1, -0.05) is 27.2 Å². The molecule has 2 atom stereocenters. The Morgan fingerprint density at radius 3 is 2.38 bits per heavy atom. The van der Waals surface area contributed by atoms with Gasteiger partial charge in [0.05, 0.1) is 6.61 Å². The maximum absolute atomic E-state index is 12.7. The summed E-state index contributed by atoms with van der Waals surface area (Å²) in [5.74, 6) is -3.80. The molecule has 1 heterocycles. The van der Waals surface area contributed by atoms with Crippen molar-refractivity contribution >= 4 is 17.8 Å². The molecule has 1 N–H and O–H groups in total. The van der Waals surface area contributed by atoms with Crippen LogP contribution >= 0.6 is 0 Å². The minimum Gasteiger partial charge on any atom is -0.464 e. The molecule has 0 saturated carbocycles. The SMILES string of the molecule is CCCCOC(=O)[C@@](C)(NC(=O)[C@@H]1CCCN1C(=O)C(F)(F)F)C(C)C. The lowest BCUT2D eigenvalue weighted by Gasteiger charge is -2.34. The van der Waals surface area contributed by atoms with Gasteiger partial charge >= 0.3 is 18.1 Å². The first-order valence-corrected chi connectivity index (χ1v) is 8.82. The van der Waals surface area contributed by atoms with Crippen LogP contribution < -0.4 is 5.32 Å². The van der Waals surface area contributed by atoms with E-state index in [1.54, 1.807) is 13.8 Å². The van der Waals surface area contributed by atoms with Gasteiger partial charge in [-0.05, 0) is 32.1 Å². The van der Waals surface area contributed by atoms with Crippen LogP contribution in [-0.4, -0.2) is 53.6 Å². The summed E-state index contributed by atoms with van der Waals surface area (Å²) in [4.78, 5) is 37.0. The van der Waals surface area contributed by atoms with Gasteiger partial charge in [-0.15, -0.1) is 0 Å². The lowest BCUT2D eigenvalue weighted by atomic mass is 9.88. The zero-order valence-electron chi connectivity index (χ0n) is 15.6. The van der Waals surface area contributed by atoms with Gasteiger partial charge in [0.2, 0.25) is 5.91 Å². The average molecular weight is 380 g/mol. The molecule has 1 saturated heterocycles. The number of hydrogen-bond donors (Lipinski definition) is 1. The Morgan fingerprint density at radius 2 is 1.88 bits per heavy atom. The Balaban J connectivity index is 2.89. The third-order valence-electron chi connectivity index (χ3n) is 4.75. The van der Waals surface area contributed by atoms with Gasteiger partial charge in [0.1, 0.15) is 11.6 Å². The number of esters is 1. The molecule has 150 valence electrons. The first-order chi connectivity index (χ1) is 11.9. The van der Waals surface area contributed by atoms with Gasteiger partial charge in [-0.25, -0.2) is 4.79 Å². The van der Waals surface area contributed by atoms with Crippen LogP contribution in [0.3, 0.4) is 0 Å². The zero-order chi connectivity index (χ0) is 20.1. The summed E-state index contributed by atoms with van der Waals surface area (Å²) in [6.45, 7) is 6.88. The zero-order valence-corrected chi connectivity index (χ0v) is 15.6. The number of nitrogens with one attached hydrogen (secondary N) is 1. The quantitative estimate of drug-likeness (QED) is 0.544. The van der Waals surface area contributed by atoms with Crippen LogP contribution in [0.15, 0.2) is 0 Å². The van der Waals surface area contributed by atoms with Gasteiger partial charge in [0.25, 0.3) is 0 Å². The fourth-order valence-electron chi connectivity index (χ4n) is 2.67. The first-order valence-electron chi connectivity index (χ1n) is 8.82. The molecule has 0 aromatic heterocycles. The van der Waals surface area contributed by atoms with Crippen molar-refractivity contribution < 1.29 is 32.3 Å². The maximum Gasteiger partial charge on any atom is 0.471 e. The maximum atomic E-state index is 12.7. The minimum atomic E-state index is -5.04. The molecule has 1 rings (SSSR count). The number of hydrogen-bond acceptors (Lipinski definition) is 4. The molecule has 0 aromatic rings. The number of unbranched alkanes of at least 4 members (excludes halogenated alkanes) is 1. The second kappa shape index (κ2) is 8.73. The van der Waals surface area contributed by atoms with Crippen molar-refractivity contribution in [3.63, 3.8) is 0 Å². The van der Waals surface area contributed by atoms with Crippen LogP contribution in [0.1, 0.15) is 53.4 Å². The van der Waals surface area contributed by atoms with Gasteiger partial charge < -0.3 is 15.0 Å². The Morgan fingerprint density at radius 1 is 1.27 bits per heavy atom. The van der Waals surface area contributed by atoms with Crippen molar-refractivity contribution in [1.29, 1.82) is 0 Å². The smallest absolute Gasteiger partial charge is 0.464 e. The highest BCUT2D eigenvalue weighted by molar-refractivity contribution is 5.94. The molecule has 1 fully saturated rings.